The van der Waals surface area contributed by atoms with Crippen molar-refractivity contribution in [2.75, 3.05) is 13.7 Å². The molecule has 0 radical (unpaired) electrons. The van der Waals surface area contributed by atoms with Gasteiger partial charge in [-0.2, -0.15) is 0 Å². The van der Waals surface area contributed by atoms with E-state index in [1.54, 1.807) is 0 Å². The summed E-state index contributed by atoms with van der Waals surface area (Å²) in [6, 6.07) is 0. The summed E-state index contributed by atoms with van der Waals surface area (Å²) in [4.78, 5) is 13.7. The Bertz CT molecular complexity index is 98.6. The Morgan fingerprint density at radius 3 is 2.88 bits per heavy atom. The van der Waals surface area contributed by atoms with E-state index in [0.717, 1.165) is 0 Å². The quantitative estimate of drug-likeness (QED) is 0.390. The number of aliphatic imine (C=N–C) groups is 1. The zero-order valence-corrected chi connectivity index (χ0v) is 5.05. The van der Waals surface area contributed by atoms with Crippen LogP contribution in [0.3, 0.4) is 0 Å². The summed E-state index contributed by atoms with van der Waals surface area (Å²) >= 11 is 0. The van der Waals surface area contributed by atoms with Gasteiger partial charge in [0.1, 0.15) is 6.54 Å². The molecule has 0 aromatic heterocycles. The van der Waals surface area contributed by atoms with E-state index in [4.69, 9.17) is 0 Å². The van der Waals surface area contributed by atoms with Gasteiger partial charge in [0.05, 0.1) is 7.11 Å². The number of rotatable bonds is 3. The van der Waals surface area contributed by atoms with Gasteiger partial charge in [-0.25, -0.2) is 0 Å². The number of ketones is 1. The summed E-state index contributed by atoms with van der Waals surface area (Å²) < 4.78 is 4.45. The lowest BCUT2D eigenvalue weighted by Gasteiger charge is -1.84. The van der Waals surface area contributed by atoms with Crippen molar-refractivity contribution < 1.29 is 9.53 Å². The zero-order valence-electron chi connectivity index (χ0n) is 5.05. The van der Waals surface area contributed by atoms with Crippen LogP contribution in [0.25, 0.3) is 0 Å². The first kappa shape index (κ1) is 7.14. The summed E-state index contributed by atoms with van der Waals surface area (Å²) in [5, 5.41) is 0. The van der Waals surface area contributed by atoms with E-state index >= 15 is 0 Å². The van der Waals surface area contributed by atoms with Crippen molar-refractivity contribution in [3.8, 4) is 0 Å². The molecule has 0 saturated heterocycles. The third-order valence-corrected chi connectivity index (χ3v) is 0.494. The molecule has 0 N–H and O–H groups in total. The number of hydrogen-bond acceptors (Lipinski definition) is 3. The van der Waals surface area contributed by atoms with Crippen LogP contribution in [0.2, 0.25) is 0 Å². The first-order valence-electron chi connectivity index (χ1n) is 2.28. The van der Waals surface area contributed by atoms with Crippen LogP contribution in [0.1, 0.15) is 6.92 Å². The highest BCUT2D eigenvalue weighted by atomic mass is 16.5. The summed E-state index contributed by atoms with van der Waals surface area (Å²) in [7, 11) is 1.49. The van der Waals surface area contributed by atoms with Gasteiger partial charge in [0.15, 0.2) is 12.2 Å². The van der Waals surface area contributed by atoms with Crippen molar-refractivity contribution in [3.05, 3.63) is 0 Å². The fourth-order valence-electron chi connectivity index (χ4n) is 0.240. The second-order valence-electron chi connectivity index (χ2n) is 1.38. The molecule has 46 valence electrons. The molecule has 0 aliphatic rings. The molecular formula is C5H9NO2. The largest absolute Gasteiger partial charge is 0.487 e. The van der Waals surface area contributed by atoms with Crippen molar-refractivity contribution in [3.63, 3.8) is 0 Å². The summed E-state index contributed by atoms with van der Waals surface area (Å²) in [6.45, 7) is 1.70. The number of Topliss-reactive ketones (excluding diaryl/α,β-unsaturated/α-hetero) is 1. The third-order valence-electron chi connectivity index (χ3n) is 0.494. The van der Waals surface area contributed by atoms with Crippen LogP contribution in [0, 0.1) is 0 Å². The summed E-state index contributed by atoms with van der Waals surface area (Å²) in [5.74, 6) is 0.0401. The number of nitrogens with zero attached hydrogens (tertiary/aromatic N) is 1. The highest BCUT2D eigenvalue weighted by molar-refractivity contribution is 5.78. The molecule has 8 heavy (non-hydrogen) atoms. The second kappa shape index (κ2) is 4.30. The van der Waals surface area contributed by atoms with Crippen LogP contribution in [-0.4, -0.2) is 25.8 Å². The van der Waals surface area contributed by atoms with Crippen LogP contribution in [-0.2, 0) is 9.53 Å². The Morgan fingerprint density at radius 1 is 1.88 bits per heavy atom. The molecule has 0 rings (SSSR count). The van der Waals surface area contributed by atoms with Gasteiger partial charge in [0.2, 0.25) is 0 Å². The van der Waals surface area contributed by atoms with E-state index in [0.29, 0.717) is 0 Å². The topological polar surface area (TPSA) is 38.7 Å². The van der Waals surface area contributed by atoms with E-state index in [9.17, 15) is 4.79 Å². The molecule has 0 aromatic rings. The molecule has 0 heterocycles. The predicted molar refractivity (Wildman–Crippen MR) is 31.0 cm³/mol. The van der Waals surface area contributed by atoms with Crippen molar-refractivity contribution in [2.24, 2.45) is 4.99 Å². The summed E-state index contributed by atoms with van der Waals surface area (Å²) in [5.41, 5.74) is 0. The van der Waals surface area contributed by atoms with Crippen LogP contribution in [0.15, 0.2) is 4.99 Å². The standard InChI is InChI=1S/C5H9NO2/c1-5(7)3-6-4-8-2/h4H,3H2,1-2H3. The van der Waals surface area contributed by atoms with E-state index in [2.05, 4.69) is 9.73 Å². The molecule has 0 spiro atoms. The lowest BCUT2D eigenvalue weighted by atomic mass is 10.5. The second-order valence-corrected chi connectivity index (χ2v) is 1.38. The Morgan fingerprint density at radius 2 is 2.50 bits per heavy atom. The Labute approximate surface area is 48.4 Å². The Hall–Kier alpha value is -0.860. The monoisotopic (exact) mass is 115 g/mol. The molecule has 3 heteroatoms. The molecule has 0 saturated carbocycles. The molecular weight excluding hydrogens is 106 g/mol. The fourth-order valence-corrected chi connectivity index (χ4v) is 0.240. The van der Waals surface area contributed by atoms with E-state index in [1.807, 2.05) is 0 Å². The maximum Gasteiger partial charge on any atom is 0.169 e. The van der Waals surface area contributed by atoms with Crippen molar-refractivity contribution >= 4 is 12.2 Å². The molecule has 0 fully saturated rings. The zero-order chi connectivity index (χ0) is 6.41. The molecule has 0 bridgehead atoms. The summed E-state index contributed by atoms with van der Waals surface area (Å²) in [6.07, 6.45) is 1.25. The SMILES string of the molecule is COC=NCC(C)=O. The van der Waals surface area contributed by atoms with E-state index in [1.165, 1.54) is 20.4 Å². The fraction of sp³-hybridized carbons (Fsp3) is 0.600. The Kier molecular flexibility index (Phi) is 3.84. The number of methoxy groups -OCH3 is 1. The molecule has 0 atom stereocenters. The van der Waals surface area contributed by atoms with Crippen molar-refractivity contribution in [2.45, 2.75) is 6.92 Å². The number of carbonyl (C=O) groups excluding carboxylic acids is 1. The molecule has 0 aliphatic carbocycles. The minimum absolute atomic E-state index is 0.0401. The van der Waals surface area contributed by atoms with Gasteiger partial charge in [-0.1, -0.05) is 0 Å². The molecule has 0 aliphatic heterocycles. The number of carbonyl (C=O) groups is 1. The maximum absolute atomic E-state index is 10.1. The average Bonchev–Trinajstić information content (AvgIpc) is 1.66. The molecule has 3 nitrogen and oxygen atoms in total. The van der Waals surface area contributed by atoms with Gasteiger partial charge in [0, 0.05) is 0 Å². The highest BCUT2D eigenvalue weighted by Crippen LogP contribution is 1.69. The van der Waals surface area contributed by atoms with Gasteiger partial charge in [-0.3, -0.25) is 9.79 Å². The third kappa shape index (κ3) is 5.14. The first-order chi connectivity index (χ1) is 3.77. The van der Waals surface area contributed by atoms with E-state index in [-0.39, 0.29) is 12.3 Å². The van der Waals surface area contributed by atoms with Crippen LogP contribution >= 0.6 is 0 Å². The lowest BCUT2D eigenvalue weighted by molar-refractivity contribution is -0.115. The predicted octanol–water partition coefficient (Wildman–Crippen LogP) is 0.250. The minimum atomic E-state index is 0.0401. The number of hydrogen-bond donors (Lipinski definition) is 0. The Balaban J connectivity index is 3.16. The highest BCUT2D eigenvalue weighted by Gasteiger charge is 1.83. The average molecular weight is 115 g/mol. The van der Waals surface area contributed by atoms with Gasteiger partial charge >= 0.3 is 0 Å². The first-order valence-corrected chi connectivity index (χ1v) is 2.28. The molecule has 0 unspecified atom stereocenters. The van der Waals surface area contributed by atoms with E-state index < -0.39 is 0 Å². The normalized spacial score (nSPS) is 9.75. The van der Waals surface area contributed by atoms with Crippen molar-refractivity contribution in [1.82, 2.24) is 0 Å². The van der Waals surface area contributed by atoms with Crippen molar-refractivity contribution in [1.29, 1.82) is 0 Å². The van der Waals surface area contributed by atoms with Gasteiger partial charge in [0.25, 0.3) is 0 Å². The van der Waals surface area contributed by atoms with Crippen LogP contribution in [0.5, 0.6) is 0 Å². The molecule has 0 aromatic carbocycles. The molecule has 0 amide bonds. The van der Waals surface area contributed by atoms with Crippen LogP contribution < -0.4 is 0 Å². The van der Waals surface area contributed by atoms with Gasteiger partial charge in [-0.15, -0.1) is 0 Å². The van der Waals surface area contributed by atoms with Crippen LogP contribution in [0.4, 0.5) is 0 Å². The maximum atomic E-state index is 10.1. The smallest absolute Gasteiger partial charge is 0.169 e. The van der Waals surface area contributed by atoms with Gasteiger partial charge in [-0.05, 0) is 6.92 Å². The minimum Gasteiger partial charge on any atom is -0.487 e. The van der Waals surface area contributed by atoms with Gasteiger partial charge < -0.3 is 4.74 Å². The number of ether oxygens (including phenoxy) is 1. The lowest BCUT2D eigenvalue weighted by Crippen LogP contribution is -1.94.